The maximum atomic E-state index is 12.3. The number of carbonyl (C=O) groups excluding carboxylic acids is 2. The molecular weight excluding hydrogens is 415 g/mol. The number of amides is 2. The Morgan fingerprint density at radius 3 is 2.41 bits per heavy atom. The molecule has 0 aliphatic rings. The van der Waals surface area contributed by atoms with Crippen molar-refractivity contribution in [2.45, 2.75) is 46.6 Å². The maximum Gasteiger partial charge on any atom is 0.407 e. The number of hydrogen-bond acceptors (Lipinski definition) is 4. The van der Waals surface area contributed by atoms with Crippen LogP contribution in [0.2, 0.25) is 10.0 Å². The molecule has 1 heterocycles. The highest BCUT2D eigenvalue weighted by Crippen LogP contribution is 2.27. The predicted molar refractivity (Wildman–Crippen MR) is 114 cm³/mol. The molecule has 0 atom stereocenters. The monoisotopic (exact) mass is 440 g/mol. The first-order valence-electron chi connectivity index (χ1n) is 9.22. The van der Waals surface area contributed by atoms with E-state index in [9.17, 15) is 9.59 Å². The van der Waals surface area contributed by atoms with Gasteiger partial charge in [0.25, 0.3) is 0 Å². The molecule has 0 aliphatic carbocycles. The molecule has 0 saturated heterocycles. The van der Waals surface area contributed by atoms with Crippen molar-refractivity contribution >= 4 is 35.2 Å². The summed E-state index contributed by atoms with van der Waals surface area (Å²) in [7, 11) is 0. The lowest BCUT2D eigenvalue weighted by molar-refractivity contribution is -0.120. The van der Waals surface area contributed by atoms with Gasteiger partial charge in [-0.3, -0.25) is 4.79 Å². The molecule has 9 heteroatoms. The van der Waals surface area contributed by atoms with Gasteiger partial charge in [-0.2, -0.15) is 5.10 Å². The summed E-state index contributed by atoms with van der Waals surface area (Å²) in [6, 6.07) is 5.18. The minimum Gasteiger partial charge on any atom is -0.444 e. The van der Waals surface area contributed by atoms with Crippen LogP contribution < -0.4 is 10.6 Å². The number of rotatable bonds is 6. The topological polar surface area (TPSA) is 85.3 Å². The molecule has 0 unspecified atom stereocenters. The molecule has 2 amide bonds. The van der Waals surface area contributed by atoms with Gasteiger partial charge in [0.05, 0.1) is 22.8 Å². The fourth-order valence-electron chi connectivity index (χ4n) is 2.72. The van der Waals surface area contributed by atoms with Gasteiger partial charge in [0, 0.05) is 29.4 Å². The lowest BCUT2D eigenvalue weighted by atomic mass is 10.1. The van der Waals surface area contributed by atoms with E-state index in [0.717, 1.165) is 17.0 Å². The fraction of sp³-hybridized carbons (Fsp3) is 0.450. The zero-order chi connectivity index (χ0) is 21.8. The van der Waals surface area contributed by atoms with Crippen molar-refractivity contribution in [2.24, 2.45) is 0 Å². The van der Waals surface area contributed by atoms with Gasteiger partial charge in [-0.15, -0.1) is 0 Å². The molecule has 0 bridgehead atoms. The van der Waals surface area contributed by atoms with Crippen molar-refractivity contribution in [1.82, 2.24) is 20.4 Å². The summed E-state index contributed by atoms with van der Waals surface area (Å²) in [6.07, 6.45) is -0.338. The van der Waals surface area contributed by atoms with Gasteiger partial charge in [0.15, 0.2) is 0 Å². The van der Waals surface area contributed by atoms with E-state index in [1.54, 1.807) is 43.7 Å². The summed E-state index contributed by atoms with van der Waals surface area (Å²) >= 11 is 12.2. The number of halogens is 2. The van der Waals surface area contributed by atoms with E-state index in [0.29, 0.717) is 22.3 Å². The van der Waals surface area contributed by atoms with Gasteiger partial charge < -0.3 is 15.4 Å². The second-order valence-corrected chi connectivity index (χ2v) is 8.46. The SMILES string of the molecule is Cc1nn(-c2ccc(Cl)cc2Cl)c(C)c1CC(=O)NCCNC(=O)OC(C)(C)C. The van der Waals surface area contributed by atoms with Crippen LogP contribution in [0.25, 0.3) is 5.69 Å². The summed E-state index contributed by atoms with van der Waals surface area (Å²) in [5, 5.41) is 10.9. The van der Waals surface area contributed by atoms with E-state index in [4.69, 9.17) is 27.9 Å². The van der Waals surface area contributed by atoms with Crippen molar-refractivity contribution in [3.05, 3.63) is 45.2 Å². The third-order valence-corrected chi connectivity index (χ3v) is 4.57. The molecule has 2 N–H and O–H groups in total. The number of nitrogens with zero attached hydrogens (tertiary/aromatic N) is 2. The first-order valence-corrected chi connectivity index (χ1v) is 9.97. The van der Waals surface area contributed by atoms with Crippen LogP contribution >= 0.6 is 23.2 Å². The second-order valence-electron chi connectivity index (χ2n) is 7.61. The largest absolute Gasteiger partial charge is 0.444 e. The van der Waals surface area contributed by atoms with Crippen molar-refractivity contribution in [3.63, 3.8) is 0 Å². The minimum absolute atomic E-state index is 0.163. The lowest BCUT2D eigenvalue weighted by Gasteiger charge is -2.19. The lowest BCUT2D eigenvalue weighted by Crippen LogP contribution is -2.38. The highest BCUT2D eigenvalue weighted by atomic mass is 35.5. The quantitative estimate of drug-likeness (QED) is 0.665. The van der Waals surface area contributed by atoms with Gasteiger partial charge in [0.2, 0.25) is 5.91 Å². The standard InChI is InChI=1S/C20H26Cl2N4O3/c1-12-15(11-18(27)23-8-9-24-19(28)29-20(3,4)5)13(2)26(25-12)17-7-6-14(21)10-16(17)22/h6-7,10H,8-9,11H2,1-5H3,(H,23,27)(H,24,28). The first-order chi connectivity index (χ1) is 13.5. The van der Waals surface area contributed by atoms with Crippen LogP contribution in [0.1, 0.15) is 37.7 Å². The molecule has 1 aromatic heterocycles. The molecule has 0 aliphatic heterocycles. The highest BCUT2D eigenvalue weighted by molar-refractivity contribution is 6.35. The molecule has 7 nitrogen and oxygen atoms in total. The van der Waals surface area contributed by atoms with Crippen LogP contribution in [-0.2, 0) is 16.0 Å². The van der Waals surface area contributed by atoms with Crippen LogP contribution in [-0.4, -0.2) is 40.5 Å². The Balaban J connectivity index is 1.94. The molecule has 1 aromatic carbocycles. The van der Waals surface area contributed by atoms with E-state index in [1.807, 2.05) is 13.8 Å². The van der Waals surface area contributed by atoms with Crippen LogP contribution in [0.3, 0.4) is 0 Å². The normalized spacial score (nSPS) is 11.3. The molecule has 0 radical (unpaired) electrons. The molecule has 2 rings (SSSR count). The van der Waals surface area contributed by atoms with E-state index in [-0.39, 0.29) is 18.9 Å². The van der Waals surface area contributed by atoms with Crippen LogP contribution in [0.15, 0.2) is 18.2 Å². The van der Waals surface area contributed by atoms with Crippen molar-refractivity contribution < 1.29 is 14.3 Å². The Hall–Kier alpha value is -2.25. The number of ether oxygens (including phenoxy) is 1. The number of aromatic nitrogens is 2. The Labute approximate surface area is 180 Å². The Morgan fingerprint density at radius 1 is 1.14 bits per heavy atom. The van der Waals surface area contributed by atoms with Crippen LogP contribution in [0.5, 0.6) is 0 Å². The van der Waals surface area contributed by atoms with Crippen LogP contribution in [0.4, 0.5) is 4.79 Å². The summed E-state index contributed by atoms with van der Waals surface area (Å²) in [6.45, 7) is 9.67. The van der Waals surface area contributed by atoms with Gasteiger partial charge in [-0.05, 0) is 52.8 Å². The number of aryl methyl sites for hydroxylation is 1. The van der Waals surface area contributed by atoms with Gasteiger partial charge in [-0.1, -0.05) is 23.2 Å². The number of carbonyl (C=O) groups is 2. The van der Waals surface area contributed by atoms with E-state index in [2.05, 4.69) is 15.7 Å². The predicted octanol–water partition coefficient (Wildman–Crippen LogP) is 3.98. The van der Waals surface area contributed by atoms with E-state index in [1.165, 1.54) is 0 Å². The molecule has 0 fully saturated rings. The number of benzene rings is 1. The Morgan fingerprint density at radius 2 is 1.79 bits per heavy atom. The minimum atomic E-state index is -0.560. The van der Waals surface area contributed by atoms with Gasteiger partial charge >= 0.3 is 6.09 Å². The summed E-state index contributed by atoms with van der Waals surface area (Å²) < 4.78 is 6.85. The summed E-state index contributed by atoms with van der Waals surface area (Å²) in [4.78, 5) is 23.9. The van der Waals surface area contributed by atoms with E-state index >= 15 is 0 Å². The molecule has 0 saturated carbocycles. The average molecular weight is 441 g/mol. The molecule has 2 aromatic rings. The van der Waals surface area contributed by atoms with Crippen molar-refractivity contribution in [3.8, 4) is 5.69 Å². The number of nitrogens with one attached hydrogen (secondary N) is 2. The van der Waals surface area contributed by atoms with Gasteiger partial charge in [0.1, 0.15) is 5.60 Å². The maximum absolute atomic E-state index is 12.3. The average Bonchev–Trinajstić information content (AvgIpc) is 2.85. The Bertz CT molecular complexity index is 904. The third kappa shape index (κ3) is 6.65. The molecule has 0 spiro atoms. The summed E-state index contributed by atoms with van der Waals surface area (Å²) in [5.74, 6) is -0.163. The molecule has 158 valence electrons. The molecule has 29 heavy (non-hydrogen) atoms. The third-order valence-electron chi connectivity index (χ3n) is 4.03. The molecular formula is C20H26Cl2N4O3. The van der Waals surface area contributed by atoms with Crippen molar-refractivity contribution in [2.75, 3.05) is 13.1 Å². The second kappa shape index (κ2) is 9.50. The van der Waals surface area contributed by atoms with Crippen LogP contribution in [0, 0.1) is 13.8 Å². The van der Waals surface area contributed by atoms with Crippen molar-refractivity contribution in [1.29, 1.82) is 0 Å². The highest BCUT2D eigenvalue weighted by Gasteiger charge is 2.18. The Kier molecular flexibility index (Phi) is 7.54. The zero-order valence-electron chi connectivity index (χ0n) is 17.2. The summed E-state index contributed by atoms with van der Waals surface area (Å²) in [5.41, 5.74) is 2.54. The smallest absolute Gasteiger partial charge is 0.407 e. The van der Waals surface area contributed by atoms with E-state index < -0.39 is 11.7 Å². The van der Waals surface area contributed by atoms with Gasteiger partial charge in [-0.25, -0.2) is 9.48 Å². The fourth-order valence-corrected chi connectivity index (χ4v) is 3.21. The number of alkyl carbamates (subject to hydrolysis) is 1. The zero-order valence-corrected chi connectivity index (χ0v) is 18.7. The first kappa shape index (κ1) is 23.0. The number of hydrogen-bond donors (Lipinski definition) is 2.